The molecule has 0 saturated carbocycles. The molecule has 1 heterocycles. The summed E-state index contributed by atoms with van der Waals surface area (Å²) < 4.78 is 78.9. The van der Waals surface area contributed by atoms with Gasteiger partial charge in [0.25, 0.3) is 5.91 Å². The van der Waals surface area contributed by atoms with Crippen LogP contribution in [0, 0.1) is 11.7 Å². The van der Waals surface area contributed by atoms with Crippen LogP contribution < -0.4 is 25.4 Å². The van der Waals surface area contributed by atoms with Crippen LogP contribution in [0.4, 0.5) is 40.7 Å². The third-order valence-electron chi connectivity index (χ3n) is 4.91. The number of hydrogen-bond donors (Lipinski definition) is 3. The van der Waals surface area contributed by atoms with E-state index in [-0.39, 0.29) is 46.9 Å². The van der Waals surface area contributed by atoms with Gasteiger partial charge in [-0.2, -0.15) is 18.2 Å². The first kappa shape index (κ1) is 30.6. The molecule has 3 N–H and O–H groups in total. The number of nitrogens with one attached hydrogen (secondary N) is 3. The van der Waals surface area contributed by atoms with E-state index in [2.05, 4.69) is 26.1 Å². The van der Waals surface area contributed by atoms with Crippen LogP contribution in [0.1, 0.15) is 29.8 Å². The fourth-order valence-corrected chi connectivity index (χ4v) is 3.83. The topological polar surface area (TPSA) is 124 Å². The lowest BCUT2D eigenvalue weighted by atomic mass is 10.1. The van der Waals surface area contributed by atoms with Crippen LogP contribution in [0.25, 0.3) is 0 Å². The predicted octanol–water partition coefficient (Wildman–Crippen LogP) is 6.36. The highest BCUT2D eigenvalue weighted by molar-refractivity contribution is 7.57. The van der Waals surface area contributed by atoms with Gasteiger partial charge < -0.3 is 19.9 Å². The molecule has 10 nitrogen and oxygen atoms in total. The van der Waals surface area contributed by atoms with Crippen molar-refractivity contribution in [3.63, 3.8) is 0 Å². The molecule has 0 spiro atoms. The molecule has 0 aliphatic carbocycles. The third-order valence-corrected chi connectivity index (χ3v) is 5.55. The van der Waals surface area contributed by atoms with Crippen LogP contribution in [-0.4, -0.2) is 42.9 Å². The van der Waals surface area contributed by atoms with Crippen LogP contribution >= 0.6 is 7.37 Å². The summed E-state index contributed by atoms with van der Waals surface area (Å²) in [6.45, 7) is 6.65. The number of hydroxylamine groups is 1. The summed E-state index contributed by atoms with van der Waals surface area (Å²) >= 11 is 0. The molecule has 1 amide bonds. The Bertz CT molecular complexity index is 1410. The van der Waals surface area contributed by atoms with E-state index in [1.807, 2.05) is 13.8 Å². The normalized spacial score (nSPS) is 11.8. The molecule has 0 fully saturated rings. The minimum Gasteiger partial charge on any atom is -0.495 e. The second kappa shape index (κ2) is 12.5. The van der Waals surface area contributed by atoms with Crippen LogP contribution in [0.5, 0.6) is 11.5 Å². The van der Waals surface area contributed by atoms with Crippen LogP contribution in [0.3, 0.4) is 0 Å². The molecule has 216 valence electrons. The molecule has 0 aliphatic rings. The lowest BCUT2D eigenvalue weighted by Crippen LogP contribution is -2.26. The number of rotatable bonds is 11. The Morgan fingerprint density at radius 3 is 2.40 bits per heavy atom. The molecular weight excluding hydrogens is 557 g/mol. The number of nitrogens with zero attached hydrogens (tertiary/aromatic N) is 2. The summed E-state index contributed by atoms with van der Waals surface area (Å²) in [6.07, 6.45) is -4.29. The number of carbonyl (C=O) groups is 1. The van der Waals surface area contributed by atoms with Crippen LogP contribution in [0.15, 0.2) is 42.6 Å². The molecule has 0 radical (unpaired) electrons. The molecule has 0 bridgehead atoms. The number of alkyl halides is 3. The maximum Gasteiger partial charge on any atom is 0.421 e. The van der Waals surface area contributed by atoms with Crippen molar-refractivity contribution in [2.24, 2.45) is 5.92 Å². The number of carbonyl (C=O) groups excluding carboxylic acids is 1. The molecule has 15 heteroatoms. The first-order chi connectivity index (χ1) is 18.7. The average molecular weight is 585 g/mol. The lowest BCUT2D eigenvalue weighted by Gasteiger charge is -2.18. The van der Waals surface area contributed by atoms with E-state index < -0.39 is 36.7 Å². The number of halogens is 4. The van der Waals surface area contributed by atoms with E-state index in [0.717, 1.165) is 12.1 Å². The molecule has 0 saturated heterocycles. The molecule has 3 rings (SSSR count). The van der Waals surface area contributed by atoms with Gasteiger partial charge in [0, 0.05) is 25.6 Å². The number of benzene rings is 2. The van der Waals surface area contributed by atoms with Crippen molar-refractivity contribution < 1.29 is 41.0 Å². The number of ether oxygens (including phenoxy) is 1. The highest BCUT2D eigenvalue weighted by Crippen LogP contribution is 2.43. The van der Waals surface area contributed by atoms with Gasteiger partial charge in [0.2, 0.25) is 13.3 Å². The average Bonchev–Trinajstić information content (AvgIpc) is 2.83. The Morgan fingerprint density at radius 1 is 1.07 bits per heavy atom. The van der Waals surface area contributed by atoms with Crippen LogP contribution in [-0.2, 0) is 15.6 Å². The predicted molar refractivity (Wildman–Crippen MR) is 141 cm³/mol. The number of para-hydroxylation sites is 2. The van der Waals surface area contributed by atoms with Crippen molar-refractivity contribution >= 4 is 36.4 Å². The maximum atomic E-state index is 14.8. The summed E-state index contributed by atoms with van der Waals surface area (Å²) in [6, 6.07) is 7.97. The fourth-order valence-electron chi connectivity index (χ4n) is 3.20. The zero-order valence-corrected chi connectivity index (χ0v) is 23.1. The van der Waals surface area contributed by atoms with Gasteiger partial charge in [-0.15, -0.1) is 0 Å². The first-order valence-corrected chi connectivity index (χ1v) is 14.3. The SMILES string of the molecule is COc1cc(C(=O)NOCC(C)C)c(F)cc1Nc1ncc(C(F)(F)F)c(Nc2ccccc2OP(C)(C)=O)n1. The molecule has 0 atom stereocenters. The fraction of sp³-hybridized carbons (Fsp3) is 0.320. The summed E-state index contributed by atoms with van der Waals surface area (Å²) in [5.41, 5.74) is 0.561. The van der Waals surface area contributed by atoms with Crippen molar-refractivity contribution in [3.05, 3.63) is 59.5 Å². The van der Waals surface area contributed by atoms with Crippen molar-refractivity contribution in [1.82, 2.24) is 15.4 Å². The van der Waals surface area contributed by atoms with Gasteiger partial charge in [-0.05, 0) is 24.1 Å². The van der Waals surface area contributed by atoms with E-state index >= 15 is 0 Å². The monoisotopic (exact) mass is 585 g/mol. The Balaban J connectivity index is 1.95. The van der Waals surface area contributed by atoms with E-state index in [1.165, 1.54) is 38.6 Å². The number of aromatic nitrogens is 2. The molecule has 3 aromatic rings. The molecular formula is C25H28F4N5O5P. The Morgan fingerprint density at radius 2 is 1.77 bits per heavy atom. The first-order valence-electron chi connectivity index (χ1n) is 11.8. The third kappa shape index (κ3) is 8.30. The molecule has 2 aromatic carbocycles. The maximum absolute atomic E-state index is 14.8. The van der Waals surface area contributed by atoms with Crippen molar-refractivity contribution in [3.8, 4) is 11.5 Å². The lowest BCUT2D eigenvalue weighted by molar-refractivity contribution is -0.137. The van der Waals surface area contributed by atoms with Gasteiger partial charge in [-0.3, -0.25) is 14.2 Å². The van der Waals surface area contributed by atoms with E-state index in [4.69, 9.17) is 14.1 Å². The summed E-state index contributed by atoms with van der Waals surface area (Å²) in [4.78, 5) is 25.0. The smallest absolute Gasteiger partial charge is 0.421 e. The molecule has 1 aromatic heterocycles. The van der Waals surface area contributed by atoms with Crippen molar-refractivity contribution in [1.29, 1.82) is 0 Å². The van der Waals surface area contributed by atoms with E-state index in [9.17, 15) is 26.9 Å². The van der Waals surface area contributed by atoms with Gasteiger partial charge in [0.05, 0.1) is 30.7 Å². The van der Waals surface area contributed by atoms with Crippen molar-refractivity contribution in [2.75, 3.05) is 37.7 Å². The van der Waals surface area contributed by atoms with Gasteiger partial charge in [-0.25, -0.2) is 14.9 Å². The summed E-state index contributed by atoms with van der Waals surface area (Å²) in [5.74, 6) is -2.67. The van der Waals surface area contributed by atoms with Gasteiger partial charge in [-0.1, -0.05) is 26.0 Å². The Labute approximate surface area is 227 Å². The second-order valence-corrected chi connectivity index (χ2v) is 11.9. The highest BCUT2D eigenvalue weighted by atomic mass is 31.2. The van der Waals surface area contributed by atoms with Gasteiger partial charge >= 0.3 is 6.18 Å². The molecule has 0 unspecified atom stereocenters. The van der Waals surface area contributed by atoms with Crippen molar-refractivity contribution in [2.45, 2.75) is 20.0 Å². The summed E-state index contributed by atoms with van der Waals surface area (Å²) in [5, 5.41) is 5.17. The number of methoxy groups -OCH3 is 1. The Hall–Kier alpha value is -3.90. The number of amides is 1. The minimum absolute atomic E-state index is 0.0196. The quantitative estimate of drug-likeness (QED) is 0.134. The zero-order valence-electron chi connectivity index (χ0n) is 22.2. The van der Waals surface area contributed by atoms with Gasteiger partial charge in [0.1, 0.15) is 28.7 Å². The summed E-state index contributed by atoms with van der Waals surface area (Å²) in [7, 11) is -1.79. The highest BCUT2D eigenvalue weighted by Gasteiger charge is 2.36. The molecule has 0 aliphatic heterocycles. The zero-order chi connectivity index (χ0) is 29.7. The van der Waals surface area contributed by atoms with Gasteiger partial charge in [0.15, 0.2) is 0 Å². The van der Waals surface area contributed by atoms with Crippen LogP contribution in [0.2, 0.25) is 0 Å². The van der Waals surface area contributed by atoms with E-state index in [0.29, 0.717) is 6.20 Å². The second-order valence-electron chi connectivity index (χ2n) is 9.21. The largest absolute Gasteiger partial charge is 0.495 e. The number of anilines is 4. The Kier molecular flexibility index (Phi) is 9.59. The standard InChI is InChI=1S/C25H28F4N5O5P/c1-14(2)13-38-34-23(35)15-10-21(37-3)19(11-17(15)26)32-24-30-12-16(25(27,28)29)22(33-24)31-18-8-6-7-9-20(18)39-40(4,5)36/h6-12,14H,13H2,1-5H3,(H,34,35)(H2,30,31,32,33). The van der Waals surface area contributed by atoms with E-state index in [1.54, 1.807) is 6.07 Å². The number of hydrogen-bond acceptors (Lipinski definition) is 9. The molecule has 40 heavy (non-hydrogen) atoms. The minimum atomic E-state index is -4.84.